The minimum absolute atomic E-state index is 0.0215. The van der Waals surface area contributed by atoms with E-state index < -0.39 is 0 Å². The fraction of sp³-hybridized carbons (Fsp3) is 0.412. The third-order valence-electron chi connectivity index (χ3n) is 3.40. The molecule has 0 bridgehead atoms. The van der Waals surface area contributed by atoms with Crippen LogP contribution in [0.1, 0.15) is 22.4 Å². The maximum atomic E-state index is 12.0. The first-order valence-corrected chi connectivity index (χ1v) is 8.32. The predicted molar refractivity (Wildman–Crippen MR) is 94.3 cm³/mol. The van der Waals surface area contributed by atoms with Crippen molar-refractivity contribution < 1.29 is 9.53 Å². The molecule has 6 heteroatoms. The van der Waals surface area contributed by atoms with Crippen LogP contribution in [-0.4, -0.2) is 36.5 Å². The maximum absolute atomic E-state index is 12.0. The van der Waals surface area contributed by atoms with Crippen LogP contribution in [0.5, 0.6) is 5.75 Å². The summed E-state index contributed by atoms with van der Waals surface area (Å²) in [5, 5.41) is 5.33. The third kappa shape index (κ3) is 5.04. The Hall–Kier alpha value is -1.92. The quantitative estimate of drug-likeness (QED) is 0.882. The predicted octanol–water partition coefficient (Wildman–Crippen LogP) is 3.15. The standard InChI is InChI=1S/C17H23N3O2S/c1-11-6-12(2)13(3)15(7-11)22-9-16(21)19-17-18-14(10-23-17)8-20(4)5/h6-7,10H,8-9H2,1-5H3,(H,18,19,21). The first-order valence-electron chi connectivity index (χ1n) is 7.45. The van der Waals surface area contributed by atoms with Gasteiger partial charge in [-0.05, 0) is 57.6 Å². The monoisotopic (exact) mass is 333 g/mol. The van der Waals surface area contributed by atoms with Crippen LogP contribution in [0.15, 0.2) is 17.5 Å². The van der Waals surface area contributed by atoms with Gasteiger partial charge in [-0.25, -0.2) is 4.98 Å². The molecular formula is C17H23N3O2S. The number of nitrogens with zero attached hydrogens (tertiary/aromatic N) is 2. The van der Waals surface area contributed by atoms with E-state index in [2.05, 4.69) is 16.4 Å². The van der Waals surface area contributed by atoms with Crippen molar-refractivity contribution in [2.24, 2.45) is 0 Å². The molecule has 0 aliphatic carbocycles. The van der Waals surface area contributed by atoms with Gasteiger partial charge in [0.05, 0.1) is 5.69 Å². The number of rotatable bonds is 6. The number of amides is 1. The summed E-state index contributed by atoms with van der Waals surface area (Å²) in [5.41, 5.74) is 4.29. The molecule has 1 N–H and O–H groups in total. The molecular weight excluding hydrogens is 310 g/mol. The highest BCUT2D eigenvalue weighted by molar-refractivity contribution is 7.13. The first-order chi connectivity index (χ1) is 10.8. The van der Waals surface area contributed by atoms with Gasteiger partial charge in [-0.3, -0.25) is 10.1 Å². The van der Waals surface area contributed by atoms with Gasteiger partial charge in [0.25, 0.3) is 5.91 Å². The summed E-state index contributed by atoms with van der Waals surface area (Å²) in [6, 6.07) is 4.05. The molecule has 0 saturated carbocycles. The van der Waals surface area contributed by atoms with Crippen molar-refractivity contribution >= 4 is 22.4 Å². The molecule has 0 fully saturated rings. The number of hydrogen-bond acceptors (Lipinski definition) is 5. The van der Waals surface area contributed by atoms with E-state index in [1.54, 1.807) is 0 Å². The van der Waals surface area contributed by atoms with E-state index in [0.717, 1.165) is 34.7 Å². The van der Waals surface area contributed by atoms with Crippen LogP contribution < -0.4 is 10.1 Å². The second-order valence-corrected chi connectivity index (χ2v) is 6.78. The van der Waals surface area contributed by atoms with E-state index in [9.17, 15) is 4.79 Å². The zero-order valence-corrected chi connectivity index (χ0v) is 15.1. The van der Waals surface area contributed by atoms with Crippen LogP contribution in [-0.2, 0) is 11.3 Å². The molecule has 1 aromatic carbocycles. The van der Waals surface area contributed by atoms with E-state index in [4.69, 9.17) is 4.74 Å². The summed E-state index contributed by atoms with van der Waals surface area (Å²) >= 11 is 1.42. The molecule has 0 spiro atoms. The van der Waals surface area contributed by atoms with E-state index in [-0.39, 0.29) is 12.5 Å². The molecule has 0 aliphatic heterocycles. The Morgan fingerprint density at radius 3 is 2.74 bits per heavy atom. The van der Waals surface area contributed by atoms with Crippen LogP contribution in [0.3, 0.4) is 0 Å². The molecule has 2 aromatic rings. The molecule has 5 nitrogen and oxygen atoms in total. The second-order valence-electron chi connectivity index (χ2n) is 5.92. The topological polar surface area (TPSA) is 54.5 Å². The van der Waals surface area contributed by atoms with Crippen molar-refractivity contribution in [2.75, 3.05) is 26.0 Å². The highest BCUT2D eigenvalue weighted by Gasteiger charge is 2.10. The van der Waals surface area contributed by atoms with Gasteiger partial charge in [0.15, 0.2) is 11.7 Å². The van der Waals surface area contributed by atoms with Crippen molar-refractivity contribution in [1.29, 1.82) is 0 Å². The average Bonchev–Trinajstić information content (AvgIpc) is 2.87. The normalized spacial score (nSPS) is 10.9. The SMILES string of the molecule is Cc1cc(C)c(C)c(OCC(=O)Nc2nc(CN(C)C)cs2)c1. The molecule has 0 atom stereocenters. The highest BCUT2D eigenvalue weighted by atomic mass is 32.1. The van der Waals surface area contributed by atoms with Crippen molar-refractivity contribution in [3.63, 3.8) is 0 Å². The Kier molecular flexibility index (Phi) is 5.74. The fourth-order valence-corrected chi connectivity index (χ4v) is 2.93. The van der Waals surface area contributed by atoms with Crippen LogP contribution >= 0.6 is 11.3 Å². The molecule has 0 aliphatic rings. The van der Waals surface area contributed by atoms with Gasteiger partial charge in [0.2, 0.25) is 0 Å². The molecule has 0 radical (unpaired) electrons. The zero-order chi connectivity index (χ0) is 17.0. The Bertz CT molecular complexity index is 695. The first kappa shape index (κ1) is 17.4. The number of carbonyl (C=O) groups excluding carboxylic acids is 1. The van der Waals surface area contributed by atoms with E-state index in [1.165, 1.54) is 11.3 Å². The number of nitrogens with one attached hydrogen (secondary N) is 1. The van der Waals surface area contributed by atoms with Gasteiger partial charge in [0, 0.05) is 11.9 Å². The maximum Gasteiger partial charge on any atom is 0.264 e. The minimum Gasteiger partial charge on any atom is -0.483 e. The van der Waals surface area contributed by atoms with Gasteiger partial charge in [-0.1, -0.05) is 6.07 Å². The Morgan fingerprint density at radius 2 is 2.04 bits per heavy atom. The molecule has 1 amide bonds. The number of thiazole rings is 1. The lowest BCUT2D eigenvalue weighted by atomic mass is 10.1. The van der Waals surface area contributed by atoms with E-state index >= 15 is 0 Å². The van der Waals surface area contributed by atoms with Crippen molar-refractivity contribution in [3.05, 3.63) is 39.9 Å². The molecule has 0 unspecified atom stereocenters. The van der Waals surface area contributed by atoms with E-state index in [0.29, 0.717) is 5.13 Å². The number of aryl methyl sites for hydroxylation is 2. The summed E-state index contributed by atoms with van der Waals surface area (Å²) < 4.78 is 5.66. The number of aromatic nitrogens is 1. The number of benzene rings is 1. The van der Waals surface area contributed by atoms with Crippen molar-refractivity contribution in [1.82, 2.24) is 9.88 Å². The van der Waals surface area contributed by atoms with Gasteiger partial charge in [-0.15, -0.1) is 11.3 Å². The smallest absolute Gasteiger partial charge is 0.264 e. The van der Waals surface area contributed by atoms with Crippen LogP contribution in [0.2, 0.25) is 0 Å². The molecule has 1 aromatic heterocycles. The summed E-state index contributed by atoms with van der Waals surface area (Å²) in [6.07, 6.45) is 0. The highest BCUT2D eigenvalue weighted by Crippen LogP contribution is 2.23. The van der Waals surface area contributed by atoms with Crippen molar-refractivity contribution in [2.45, 2.75) is 27.3 Å². The summed E-state index contributed by atoms with van der Waals surface area (Å²) in [6.45, 7) is 6.78. The Balaban J connectivity index is 1.92. The van der Waals surface area contributed by atoms with Gasteiger partial charge in [0.1, 0.15) is 5.75 Å². The van der Waals surface area contributed by atoms with Gasteiger partial charge in [-0.2, -0.15) is 0 Å². The van der Waals surface area contributed by atoms with Gasteiger partial charge >= 0.3 is 0 Å². The largest absolute Gasteiger partial charge is 0.483 e. The molecule has 0 saturated heterocycles. The zero-order valence-electron chi connectivity index (χ0n) is 14.3. The average molecular weight is 333 g/mol. The number of ether oxygens (including phenoxy) is 1. The van der Waals surface area contributed by atoms with E-state index in [1.807, 2.05) is 51.2 Å². The van der Waals surface area contributed by atoms with Crippen LogP contribution in [0.4, 0.5) is 5.13 Å². The lowest BCUT2D eigenvalue weighted by Gasteiger charge is -2.12. The minimum atomic E-state index is -0.200. The summed E-state index contributed by atoms with van der Waals surface area (Å²) in [5.74, 6) is 0.555. The molecule has 23 heavy (non-hydrogen) atoms. The number of carbonyl (C=O) groups is 1. The van der Waals surface area contributed by atoms with Crippen molar-refractivity contribution in [3.8, 4) is 5.75 Å². The molecule has 2 rings (SSSR count). The van der Waals surface area contributed by atoms with Gasteiger partial charge < -0.3 is 9.64 Å². The third-order valence-corrected chi connectivity index (χ3v) is 4.21. The second kappa shape index (κ2) is 7.57. The lowest BCUT2D eigenvalue weighted by Crippen LogP contribution is -2.20. The Labute approximate surface area is 141 Å². The summed E-state index contributed by atoms with van der Waals surface area (Å²) in [7, 11) is 3.97. The van der Waals surface area contributed by atoms with Crippen LogP contribution in [0, 0.1) is 20.8 Å². The number of anilines is 1. The molecule has 124 valence electrons. The lowest BCUT2D eigenvalue weighted by molar-refractivity contribution is -0.118. The summed E-state index contributed by atoms with van der Waals surface area (Å²) in [4.78, 5) is 18.4. The van der Waals surface area contributed by atoms with Crippen LogP contribution in [0.25, 0.3) is 0 Å². The Morgan fingerprint density at radius 1 is 1.30 bits per heavy atom. The fourth-order valence-electron chi connectivity index (χ4n) is 2.21. The number of hydrogen-bond donors (Lipinski definition) is 1. The molecule has 1 heterocycles.